The number of aromatic hydroxyl groups is 1. The van der Waals surface area contributed by atoms with Crippen LogP contribution < -0.4 is 26.5 Å². The van der Waals surface area contributed by atoms with E-state index in [-0.39, 0.29) is 108 Å². The third-order valence-electron chi connectivity index (χ3n) is 14.4. The Bertz CT molecular complexity index is 3200. The Morgan fingerprint density at radius 1 is 0.918 bits per heavy atom. The summed E-state index contributed by atoms with van der Waals surface area (Å²) in [5.41, 5.74) is 0.505. The minimum absolute atomic E-state index is 0.0197. The van der Waals surface area contributed by atoms with Crippen LogP contribution in [0.3, 0.4) is 0 Å². The Kier molecular flexibility index (Phi) is 13.7. The van der Waals surface area contributed by atoms with Crippen molar-refractivity contribution in [3.63, 3.8) is 0 Å². The highest BCUT2D eigenvalue weighted by Gasteiger charge is 2.45. The third kappa shape index (κ3) is 9.41. The fourth-order valence-electron chi connectivity index (χ4n) is 10.6. The highest BCUT2D eigenvalue weighted by atomic mass is 19.1. The number of benzene rings is 3. The molecule has 5 heterocycles. The van der Waals surface area contributed by atoms with Crippen LogP contribution in [0.15, 0.2) is 66.0 Å². The first-order valence-electron chi connectivity index (χ1n) is 24.3. The number of pyridine rings is 1. The summed E-state index contributed by atoms with van der Waals surface area (Å²) in [5, 5.41) is 19.2. The van der Waals surface area contributed by atoms with Crippen LogP contribution in [0.25, 0.3) is 28.0 Å². The van der Waals surface area contributed by atoms with Crippen LogP contribution in [-0.2, 0) is 25.7 Å². The Labute approximate surface area is 417 Å². The maximum atomic E-state index is 16.3. The van der Waals surface area contributed by atoms with E-state index in [9.17, 15) is 38.7 Å². The smallest absolute Gasteiger partial charge is 0.355 e. The largest absolute Gasteiger partial charge is 0.507 e. The molecule has 73 heavy (non-hydrogen) atoms. The summed E-state index contributed by atoms with van der Waals surface area (Å²) in [5.74, 6) is -6.66. The van der Waals surface area contributed by atoms with Crippen LogP contribution in [0, 0.1) is 36.2 Å². The topological polar surface area (TPSA) is 216 Å². The number of phenolic OH excluding ortho intramolecular Hbond substituents is 1. The summed E-state index contributed by atoms with van der Waals surface area (Å²) < 4.78 is 48.3. The van der Waals surface area contributed by atoms with Gasteiger partial charge in [-0.3, -0.25) is 39.0 Å². The molecule has 2 aromatic heterocycles. The van der Waals surface area contributed by atoms with Gasteiger partial charge in [0.05, 0.1) is 33.5 Å². The number of rotatable bonds is 12. The second-order valence-electron chi connectivity index (χ2n) is 19.6. The fraction of sp³-hybridized carbons (Fsp3) is 0.377. The first-order chi connectivity index (χ1) is 34.8. The van der Waals surface area contributed by atoms with Crippen molar-refractivity contribution in [1.82, 2.24) is 35.0 Å². The molecule has 5 aromatic rings. The van der Waals surface area contributed by atoms with E-state index in [1.165, 1.54) is 28.8 Å². The van der Waals surface area contributed by atoms with Crippen molar-refractivity contribution >= 4 is 58.0 Å². The third-order valence-corrected chi connectivity index (χ3v) is 14.4. The summed E-state index contributed by atoms with van der Waals surface area (Å²) in [6, 6.07) is 9.12. The number of imide groups is 2. The Hall–Kier alpha value is -7.90. The molecule has 20 heteroatoms. The zero-order valence-electron chi connectivity index (χ0n) is 40.7. The second kappa shape index (κ2) is 20.0. The number of carbonyl (C=O) groups excluding carboxylic acids is 6. The first-order valence-corrected chi connectivity index (χ1v) is 24.3. The quantitative estimate of drug-likeness (QED) is 0.0817. The minimum Gasteiger partial charge on any atom is -0.507 e. The number of hydrogen-bond donors (Lipinski definition) is 4. The number of amides is 6. The number of nitrogens with zero attached hydrogens (tertiary/aromatic N) is 6. The molecule has 380 valence electrons. The zero-order chi connectivity index (χ0) is 52.2. The van der Waals surface area contributed by atoms with E-state index >= 15 is 13.2 Å². The van der Waals surface area contributed by atoms with E-state index in [2.05, 4.69) is 32.5 Å². The van der Waals surface area contributed by atoms with Gasteiger partial charge in [0.2, 0.25) is 23.6 Å². The average Bonchev–Trinajstić information content (AvgIpc) is 3.59. The van der Waals surface area contributed by atoms with Crippen LogP contribution in [-0.4, -0.2) is 103 Å². The number of carbonyl (C=O) groups is 6. The minimum atomic E-state index is -1.17. The van der Waals surface area contributed by atoms with Crippen LogP contribution in [0.4, 0.5) is 24.7 Å². The lowest BCUT2D eigenvalue weighted by Gasteiger charge is -2.40. The first kappa shape index (κ1) is 50.1. The molecule has 4 aliphatic rings. The Morgan fingerprint density at radius 2 is 1.64 bits per heavy atom. The van der Waals surface area contributed by atoms with Crippen molar-refractivity contribution in [2.24, 2.45) is 11.8 Å². The molecule has 3 fully saturated rings. The molecule has 4 N–H and O–H groups in total. The second-order valence-corrected chi connectivity index (χ2v) is 19.6. The van der Waals surface area contributed by atoms with E-state index in [0.717, 1.165) is 28.7 Å². The monoisotopic (exact) mass is 1000 g/mol. The summed E-state index contributed by atoms with van der Waals surface area (Å²) in [4.78, 5) is 105. The molecule has 2 saturated heterocycles. The standard InChI is InChI=1S/C53H54F3N9O8/c1-6-43(68)62-16-17-63(28(5)25-62)47-35-21-38(56)45(44-36(54)8-7-9-41(44)66)60-48(35)65(53(73)61-47)46-27(4)18-30(19-32(46)26(2)3)24-58-49(69)31-12-10-29(11-13-31)23-57-39-22-34-33(20-37(39)55)51(71)64(52(34)72)40-14-15-42(67)59-50(40)70/h6-9,18-22,26,28-29,31,40,57,66H,1,10-17,23-25H2,2-5H3,(H,58,69)(H,59,67,70)/t28-,29?,31?,40?/m0/s1. The number of anilines is 2. The van der Waals surface area contributed by atoms with Gasteiger partial charge in [0.1, 0.15) is 34.9 Å². The molecule has 17 nitrogen and oxygen atoms in total. The highest BCUT2D eigenvalue weighted by molar-refractivity contribution is 6.23. The van der Waals surface area contributed by atoms with Gasteiger partial charge in [0.25, 0.3) is 11.8 Å². The van der Waals surface area contributed by atoms with Gasteiger partial charge in [-0.05, 0) is 111 Å². The summed E-state index contributed by atoms with van der Waals surface area (Å²) in [6.45, 7) is 12.4. The molecular weight excluding hydrogens is 948 g/mol. The van der Waals surface area contributed by atoms with Crippen molar-refractivity contribution in [2.45, 2.75) is 90.8 Å². The number of fused-ring (bicyclic) bond motifs is 2. The molecule has 0 bridgehead atoms. The molecule has 6 amide bonds. The number of piperazine rings is 1. The summed E-state index contributed by atoms with van der Waals surface area (Å²) >= 11 is 0. The molecular formula is C53H54F3N9O8. The average molecular weight is 1000 g/mol. The van der Waals surface area contributed by atoms with E-state index in [0.29, 0.717) is 49.0 Å². The number of aryl methyl sites for hydroxylation is 1. The van der Waals surface area contributed by atoms with Gasteiger partial charge in [-0.25, -0.2) is 27.5 Å². The van der Waals surface area contributed by atoms with E-state index in [4.69, 9.17) is 0 Å². The van der Waals surface area contributed by atoms with Gasteiger partial charge >= 0.3 is 5.69 Å². The summed E-state index contributed by atoms with van der Waals surface area (Å²) in [7, 11) is 0. The van der Waals surface area contributed by atoms with Crippen molar-refractivity contribution in [3.05, 3.63) is 117 Å². The SMILES string of the molecule is C=CC(=O)N1CCN(c2nc(=O)n(-c3c(C)cc(CNC(=O)C4CCC(CNc5cc6c(cc5F)C(=O)N(C5CCC(=O)NC5=O)C6=O)CC4)cc3C(C)C)c3nc(-c4c(O)cccc4F)c(F)cc23)[C@@H](C)C1. The molecule has 3 aromatic carbocycles. The Balaban J connectivity index is 0.912. The van der Waals surface area contributed by atoms with Crippen molar-refractivity contribution in [3.8, 4) is 22.7 Å². The zero-order valence-corrected chi connectivity index (χ0v) is 40.7. The van der Waals surface area contributed by atoms with Gasteiger partial charge in [0, 0.05) is 51.1 Å². The normalized spacial score (nSPS) is 20.1. The van der Waals surface area contributed by atoms with Crippen LogP contribution >= 0.6 is 0 Å². The molecule has 0 radical (unpaired) electrons. The number of aromatic nitrogens is 3. The van der Waals surface area contributed by atoms with E-state index < -0.39 is 69.8 Å². The van der Waals surface area contributed by atoms with Crippen molar-refractivity contribution < 1.29 is 47.0 Å². The van der Waals surface area contributed by atoms with Gasteiger partial charge in [0.15, 0.2) is 11.5 Å². The lowest BCUT2D eigenvalue weighted by atomic mass is 9.81. The fourth-order valence-corrected chi connectivity index (χ4v) is 10.6. The van der Waals surface area contributed by atoms with Crippen LogP contribution in [0.2, 0.25) is 0 Å². The van der Waals surface area contributed by atoms with E-state index in [1.54, 1.807) is 16.7 Å². The highest BCUT2D eigenvalue weighted by Crippen LogP contribution is 2.38. The molecule has 1 unspecified atom stereocenters. The van der Waals surface area contributed by atoms with E-state index in [1.807, 2.05) is 32.9 Å². The molecule has 9 rings (SSSR count). The maximum Gasteiger partial charge on any atom is 0.355 e. The molecule has 1 aliphatic carbocycles. The van der Waals surface area contributed by atoms with Gasteiger partial charge in [-0.15, -0.1) is 0 Å². The number of hydrogen-bond acceptors (Lipinski definition) is 12. The van der Waals surface area contributed by atoms with Gasteiger partial charge < -0.3 is 25.5 Å². The van der Waals surface area contributed by atoms with Crippen molar-refractivity contribution in [1.29, 1.82) is 0 Å². The predicted octanol–water partition coefficient (Wildman–Crippen LogP) is 6.16. The lowest BCUT2D eigenvalue weighted by molar-refractivity contribution is -0.136. The number of halogens is 3. The van der Waals surface area contributed by atoms with Gasteiger partial charge in [-0.1, -0.05) is 38.6 Å². The van der Waals surface area contributed by atoms with Gasteiger partial charge in [-0.2, -0.15) is 4.98 Å². The molecule has 1 saturated carbocycles. The Morgan fingerprint density at radius 3 is 2.32 bits per heavy atom. The van der Waals surface area contributed by atoms with Crippen LogP contribution in [0.5, 0.6) is 5.75 Å². The number of nitrogens with one attached hydrogen (secondary N) is 3. The molecule has 0 spiro atoms. The summed E-state index contributed by atoms with van der Waals surface area (Å²) in [6.07, 6.45) is 3.60. The number of piperidine rings is 1. The number of phenols is 1. The molecule has 2 atom stereocenters. The predicted molar refractivity (Wildman–Crippen MR) is 263 cm³/mol. The maximum absolute atomic E-state index is 16.3. The van der Waals surface area contributed by atoms with Crippen LogP contribution in [0.1, 0.15) is 103 Å². The lowest BCUT2D eigenvalue weighted by Crippen LogP contribution is -2.54. The van der Waals surface area contributed by atoms with Crippen molar-refractivity contribution in [2.75, 3.05) is 36.4 Å². The molecule has 3 aliphatic heterocycles.